The zero-order valence-corrected chi connectivity index (χ0v) is 9.70. The van der Waals surface area contributed by atoms with Crippen LogP contribution in [0.3, 0.4) is 0 Å². The summed E-state index contributed by atoms with van der Waals surface area (Å²) in [6.45, 7) is 4.54. The van der Waals surface area contributed by atoms with Gasteiger partial charge in [-0.3, -0.25) is 14.4 Å². The van der Waals surface area contributed by atoms with Crippen LogP contribution in [0.1, 0.15) is 28.5 Å². The maximum absolute atomic E-state index is 11.7. The molecule has 17 heavy (non-hydrogen) atoms. The molecule has 0 aliphatic carbocycles. The Morgan fingerprint density at radius 2 is 2.00 bits per heavy atom. The Kier molecular flexibility index (Phi) is 3.62. The molecule has 0 fully saturated rings. The standard InChI is InChI=1S/C10H13N3O4/c1-4-5(2)12-13-9(15)7(4)8(14)11-6(3)10(16)17/h6H,1-3H3,(H,11,14)(H,13,15)(H,16,17). The molecule has 3 N–H and O–H groups in total. The number of aromatic nitrogens is 2. The first-order valence-corrected chi connectivity index (χ1v) is 4.94. The minimum absolute atomic E-state index is 0.106. The summed E-state index contributed by atoms with van der Waals surface area (Å²) in [5.74, 6) is -1.89. The topological polar surface area (TPSA) is 112 Å². The summed E-state index contributed by atoms with van der Waals surface area (Å²) in [5.41, 5.74) is 0.204. The summed E-state index contributed by atoms with van der Waals surface area (Å²) < 4.78 is 0. The van der Waals surface area contributed by atoms with Gasteiger partial charge in [0, 0.05) is 0 Å². The number of amides is 1. The SMILES string of the molecule is Cc1n[nH]c(=O)c(C(=O)NC(C)C(=O)O)c1C. The molecule has 0 bridgehead atoms. The van der Waals surface area contributed by atoms with E-state index >= 15 is 0 Å². The van der Waals surface area contributed by atoms with Gasteiger partial charge in [-0.05, 0) is 26.3 Å². The van der Waals surface area contributed by atoms with Gasteiger partial charge in [0.15, 0.2) is 0 Å². The maximum Gasteiger partial charge on any atom is 0.325 e. The van der Waals surface area contributed by atoms with Gasteiger partial charge in [0.05, 0.1) is 5.69 Å². The van der Waals surface area contributed by atoms with Crippen molar-refractivity contribution >= 4 is 11.9 Å². The van der Waals surface area contributed by atoms with Crippen molar-refractivity contribution in [2.75, 3.05) is 0 Å². The van der Waals surface area contributed by atoms with Crippen LogP contribution >= 0.6 is 0 Å². The van der Waals surface area contributed by atoms with Gasteiger partial charge in [-0.1, -0.05) is 0 Å². The van der Waals surface area contributed by atoms with E-state index in [2.05, 4.69) is 15.5 Å². The molecule has 1 atom stereocenters. The highest BCUT2D eigenvalue weighted by Crippen LogP contribution is 2.04. The highest BCUT2D eigenvalue weighted by atomic mass is 16.4. The zero-order valence-electron chi connectivity index (χ0n) is 9.70. The van der Waals surface area contributed by atoms with Crippen LogP contribution in [0.5, 0.6) is 0 Å². The molecule has 1 aromatic rings. The molecule has 1 unspecified atom stereocenters. The molecule has 0 radical (unpaired) electrons. The normalized spacial score (nSPS) is 11.9. The van der Waals surface area contributed by atoms with Crippen LogP contribution in [0.2, 0.25) is 0 Å². The van der Waals surface area contributed by atoms with Crippen molar-refractivity contribution < 1.29 is 14.7 Å². The van der Waals surface area contributed by atoms with Crippen LogP contribution in [0, 0.1) is 13.8 Å². The third-order valence-electron chi connectivity index (χ3n) is 2.42. The van der Waals surface area contributed by atoms with E-state index in [4.69, 9.17) is 5.11 Å². The first-order valence-electron chi connectivity index (χ1n) is 4.94. The molecule has 7 nitrogen and oxygen atoms in total. The number of rotatable bonds is 3. The number of hydrogen-bond donors (Lipinski definition) is 3. The van der Waals surface area contributed by atoms with Crippen molar-refractivity contribution in [3.63, 3.8) is 0 Å². The number of carbonyl (C=O) groups is 2. The average molecular weight is 239 g/mol. The smallest absolute Gasteiger partial charge is 0.325 e. The lowest BCUT2D eigenvalue weighted by Gasteiger charge is -2.10. The van der Waals surface area contributed by atoms with Gasteiger partial charge in [0.1, 0.15) is 11.6 Å². The van der Waals surface area contributed by atoms with Crippen molar-refractivity contribution in [1.29, 1.82) is 0 Å². The first kappa shape index (κ1) is 12.9. The summed E-state index contributed by atoms with van der Waals surface area (Å²) in [5, 5.41) is 16.8. The lowest BCUT2D eigenvalue weighted by atomic mass is 10.1. The predicted molar refractivity (Wildman–Crippen MR) is 58.9 cm³/mol. The molecular formula is C10H13N3O4. The van der Waals surface area contributed by atoms with E-state index < -0.39 is 23.5 Å². The number of nitrogens with zero attached hydrogens (tertiary/aromatic N) is 1. The predicted octanol–water partition coefficient (Wildman–Crippen LogP) is -0.410. The molecule has 0 spiro atoms. The fourth-order valence-corrected chi connectivity index (χ4v) is 1.23. The van der Waals surface area contributed by atoms with E-state index in [1.807, 2.05) is 0 Å². The minimum atomic E-state index is -1.17. The second-order valence-electron chi connectivity index (χ2n) is 3.67. The Bertz CT molecular complexity index is 521. The molecule has 0 saturated carbocycles. The monoisotopic (exact) mass is 239 g/mol. The van der Waals surface area contributed by atoms with Crippen LogP contribution in [0.15, 0.2) is 4.79 Å². The molecule has 1 aromatic heterocycles. The molecular weight excluding hydrogens is 226 g/mol. The molecule has 92 valence electrons. The number of nitrogens with one attached hydrogen (secondary N) is 2. The van der Waals surface area contributed by atoms with E-state index in [1.54, 1.807) is 13.8 Å². The van der Waals surface area contributed by atoms with E-state index in [1.165, 1.54) is 6.92 Å². The molecule has 0 aliphatic heterocycles. The molecule has 0 saturated heterocycles. The zero-order chi connectivity index (χ0) is 13.2. The quantitative estimate of drug-likeness (QED) is 0.663. The number of aromatic amines is 1. The van der Waals surface area contributed by atoms with Gasteiger partial charge in [0.25, 0.3) is 11.5 Å². The lowest BCUT2D eigenvalue weighted by Crippen LogP contribution is -2.41. The lowest BCUT2D eigenvalue weighted by molar-refractivity contribution is -0.138. The summed E-state index contributed by atoms with van der Waals surface area (Å²) in [7, 11) is 0. The summed E-state index contributed by atoms with van der Waals surface area (Å²) >= 11 is 0. The van der Waals surface area contributed by atoms with Crippen molar-refractivity contribution in [3.05, 3.63) is 27.2 Å². The van der Waals surface area contributed by atoms with Crippen LogP contribution < -0.4 is 10.9 Å². The number of carboxylic acids is 1. The molecule has 0 aromatic carbocycles. The number of hydrogen-bond acceptors (Lipinski definition) is 4. The van der Waals surface area contributed by atoms with Gasteiger partial charge in [-0.15, -0.1) is 0 Å². The Morgan fingerprint density at radius 3 is 2.53 bits per heavy atom. The molecule has 1 heterocycles. The Morgan fingerprint density at radius 1 is 1.41 bits per heavy atom. The Balaban J connectivity index is 3.09. The minimum Gasteiger partial charge on any atom is -0.480 e. The second kappa shape index (κ2) is 4.77. The largest absolute Gasteiger partial charge is 0.480 e. The van der Waals surface area contributed by atoms with Gasteiger partial charge >= 0.3 is 5.97 Å². The molecule has 7 heteroatoms. The van der Waals surface area contributed by atoms with Gasteiger partial charge in [0.2, 0.25) is 0 Å². The fraction of sp³-hybridized carbons (Fsp3) is 0.400. The molecule has 1 amide bonds. The van der Waals surface area contributed by atoms with E-state index in [0.29, 0.717) is 11.3 Å². The van der Waals surface area contributed by atoms with E-state index in [0.717, 1.165) is 0 Å². The third-order valence-corrected chi connectivity index (χ3v) is 2.42. The Labute approximate surface area is 96.9 Å². The molecule has 0 aliphatic rings. The molecule has 1 rings (SSSR count). The fourth-order valence-electron chi connectivity index (χ4n) is 1.23. The summed E-state index contributed by atoms with van der Waals surface area (Å²) in [6.07, 6.45) is 0. The second-order valence-corrected chi connectivity index (χ2v) is 3.67. The van der Waals surface area contributed by atoms with Crippen LogP contribution in [0.4, 0.5) is 0 Å². The highest BCUT2D eigenvalue weighted by Gasteiger charge is 2.20. The van der Waals surface area contributed by atoms with Crippen molar-refractivity contribution in [2.24, 2.45) is 0 Å². The summed E-state index contributed by atoms with van der Waals surface area (Å²) in [6, 6.07) is -1.06. The Hall–Kier alpha value is -2.18. The maximum atomic E-state index is 11.7. The van der Waals surface area contributed by atoms with Crippen molar-refractivity contribution in [2.45, 2.75) is 26.8 Å². The van der Waals surface area contributed by atoms with Crippen LogP contribution in [-0.2, 0) is 4.79 Å². The van der Waals surface area contributed by atoms with Crippen LogP contribution in [-0.4, -0.2) is 33.2 Å². The third kappa shape index (κ3) is 2.68. The number of aryl methyl sites for hydroxylation is 1. The summed E-state index contributed by atoms with van der Waals surface area (Å²) in [4.78, 5) is 33.8. The van der Waals surface area contributed by atoms with E-state index in [-0.39, 0.29) is 5.56 Å². The number of H-pyrrole nitrogens is 1. The highest BCUT2D eigenvalue weighted by molar-refractivity contribution is 5.97. The van der Waals surface area contributed by atoms with Gasteiger partial charge in [-0.2, -0.15) is 5.10 Å². The van der Waals surface area contributed by atoms with Gasteiger partial charge < -0.3 is 10.4 Å². The number of carboxylic acid groups (broad SMARTS) is 1. The van der Waals surface area contributed by atoms with E-state index in [9.17, 15) is 14.4 Å². The number of carbonyl (C=O) groups excluding carboxylic acids is 1. The van der Waals surface area contributed by atoms with Crippen molar-refractivity contribution in [3.8, 4) is 0 Å². The first-order chi connectivity index (χ1) is 7.84. The van der Waals surface area contributed by atoms with Gasteiger partial charge in [-0.25, -0.2) is 5.10 Å². The van der Waals surface area contributed by atoms with Crippen molar-refractivity contribution in [1.82, 2.24) is 15.5 Å². The van der Waals surface area contributed by atoms with Crippen LogP contribution in [0.25, 0.3) is 0 Å². The number of aliphatic carboxylic acids is 1. The average Bonchev–Trinajstić information content (AvgIpc) is 2.24.